The zero-order chi connectivity index (χ0) is 21.8. The number of ether oxygens (including phenoxy) is 3. The Balaban J connectivity index is 2.28. The molecule has 0 saturated heterocycles. The fourth-order valence-corrected chi connectivity index (χ4v) is 4.85. The van der Waals surface area contributed by atoms with Crippen LogP contribution >= 0.6 is 11.3 Å². The van der Waals surface area contributed by atoms with Crippen LogP contribution in [0.3, 0.4) is 0 Å². The van der Waals surface area contributed by atoms with Crippen LogP contribution in [-0.2, 0) is 35.8 Å². The highest BCUT2D eigenvalue weighted by Crippen LogP contribution is 2.45. The van der Waals surface area contributed by atoms with Crippen molar-refractivity contribution in [2.75, 3.05) is 31.7 Å². The number of carbonyl (C=O) groups is 3. The Morgan fingerprint density at radius 2 is 1.76 bits per heavy atom. The first-order chi connectivity index (χ1) is 13.5. The van der Waals surface area contributed by atoms with Crippen molar-refractivity contribution in [1.29, 1.82) is 0 Å². The maximum Gasteiger partial charge on any atom is 0.341 e. The number of nitrogens with one attached hydrogen (secondary N) is 2. The van der Waals surface area contributed by atoms with Gasteiger partial charge in [0.05, 0.1) is 12.2 Å². The van der Waals surface area contributed by atoms with Crippen LogP contribution < -0.4 is 10.6 Å². The molecule has 0 fully saturated rings. The molecule has 0 atom stereocenters. The molecule has 2 heterocycles. The van der Waals surface area contributed by atoms with Crippen molar-refractivity contribution >= 4 is 34.2 Å². The van der Waals surface area contributed by atoms with Gasteiger partial charge in [-0.1, -0.05) is 0 Å². The van der Waals surface area contributed by atoms with E-state index in [1.165, 1.54) is 11.3 Å². The van der Waals surface area contributed by atoms with E-state index in [1.54, 1.807) is 13.8 Å². The van der Waals surface area contributed by atoms with Crippen molar-refractivity contribution in [3.63, 3.8) is 0 Å². The van der Waals surface area contributed by atoms with Gasteiger partial charge in [0.25, 0.3) is 5.91 Å². The smallest absolute Gasteiger partial charge is 0.341 e. The molecule has 29 heavy (non-hydrogen) atoms. The summed E-state index contributed by atoms with van der Waals surface area (Å²) >= 11 is 1.34. The number of anilines is 1. The lowest BCUT2D eigenvalue weighted by molar-refractivity contribution is -0.151. The topological polar surface area (TPSA) is 103 Å². The summed E-state index contributed by atoms with van der Waals surface area (Å²) in [4.78, 5) is 37.5. The van der Waals surface area contributed by atoms with E-state index in [4.69, 9.17) is 14.2 Å². The second-order valence-electron chi connectivity index (χ2n) is 7.99. The molecule has 1 aliphatic heterocycles. The largest absolute Gasteiger partial charge is 0.462 e. The van der Waals surface area contributed by atoms with E-state index in [1.807, 2.05) is 13.8 Å². The van der Waals surface area contributed by atoms with E-state index < -0.39 is 24.5 Å². The average Bonchev–Trinajstić information content (AvgIpc) is 2.95. The van der Waals surface area contributed by atoms with Crippen molar-refractivity contribution in [1.82, 2.24) is 5.32 Å². The first kappa shape index (κ1) is 23.3. The van der Waals surface area contributed by atoms with Crippen molar-refractivity contribution in [3.8, 4) is 0 Å². The molecule has 1 aliphatic rings. The Morgan fingerprint density at radius 3 is 2.38 bits per heavy atom. The van der Waals surface area contributed by atoms with Gasteiger partial charge in [-0.25, -0.2) is 9.59 Å². The van der Waals surface area contributed by atoms with Crippen LogP contribution in [0.5, 0.6) is 0 Å². The second kappa shape index (κ2) is 9.23. The zero-order valence-corrected chi connectivity index (χ0v) is 18.7. The summed E-state index contributed by atoms with van der Waals surface area (Å²) < 4.78 is 15.1. The van der Waals surface area contributed by atoms with E-state index in [-0.39, 0.29) is 24.3 Å². The Morgan fingerprint density at radius 1 is 1.07 bits per heavy atom. The van der Waals surface area contributed by atoms with Crippen LogP contribution in [0.25, 0.3) is 0 Å². The highest BCUT2D eigenvalue weighted by molar-refractivity contribution is 7.17. The van der Waals surface area contributed by atoms with E-state index in [2.05, 4.69) is 24.5 Å². The lowest BCUT2D eigenvalue weighted by Gasteiger charge is -2.42. The van der Waals surface area contributed by atoms with Crippen molar-refractivity contribution in [2.45, 2.75) is 59.0 Å². The first-order valence-electron chi connectivity index (χ1n) is 9.66. The Bertz CT molecular complexity index is 784. The third kappa shape index (κ3) is 5.77. The van der Waals surface area contributed by atoms with Crippen LogP contribution in [0.1, 0.15) is 62.3 Å². The third-order valence-corrected chi connectivity index (χ3v) is 5.84. The molecule has 2 rings (SSSR count). The number of carbonyl (C=O) groups excluding carboxylic acids is 3. The van der Waals surface area contributed by atoms with Crippen LogP contribution in [0.4, 0.5) is 5.00 Å². The summed E-state index contributed by atoms with van der Waals surface area (Å²) in [5.41, 5.74) is 0.652. The Labute approximate surface area is 175 Å². The molecule has 1 aromatic rings. The molecule has 1 aromatic heterocycles. The molecular weight excluding hydrogens is 396 g/mol. The van der Waals surface area contributed by atoms with E-state index in [0.29, 0.717) is 23.6 Å². The summed E-state index contributed by atoms with van der Waals surface area (Å²) in [6, 6.07) is 0. The molecule has 162 valence electrons. The van der Waals surface area contributed by atoms with Crippen LogP contribution in [0.15, 0.2) is 0 Å². The predicted octanol–water partition coefficient (Wildman–Crippen LogP) is 2.60. The highest BCUT2D eigenvalue weighted by atomic mass is 32.1. The van der Waals surface area contributed by atoms with E-state index in [9.17, 15) is 14.4 Å². The van der Waals surface area contributed by atoms with Gasteiger partial charge in [0.1, 0.15) is 11.6 Å². The maximum absolute atomic E-state index is 12.7. The molecule has 0 spiro atoms. The van der Waals surface area contributed by atoms with Gasteiger partial charge in [-0.2, -0.15) is 0 Å². The van der Waals surface area contributed by atoms with Gasteiger partial charge < -0.3 is 24.8 Å². The van der Waals surface area contributed by atoms with Crippen molar-refractivity contribution in [2.24, 2.45) is 0 Å². The monoisotopic (exact) mass is 426 g/mol. The van der Waals surface area contributed by atoms with Crippen molar-refractivity contribution < 1.29 is 28.6 Å². The van der Waals surface area contributed by atoms with Crippen LogP contribution in [-0.4, -0.2) is 49.8 Å². The summed E-state index contributed by atoms with van der Waals surface area (Å²) in [5.74, 6) is -1.61. The van der Waals surface area contributed by atoms with Gasteiger partial charge in [0.2, 0.25) is 0 Å². The molecule has 0 bridgehead atoms. The molecular formula is C20H30N2O6S. The fraction of sp³-hybridized carbons (Fsp3) is 0.650. The van der Waals surface area contributed by atoms with Gasteiger partial charge in [-0.15, -0.1) is 11.3 Å². The number of hydrogen-bond donors (Lipinski definition) is 2. The van der Waals surface area contributed by atoms with Gasteiger partial charge in [0.15, 0.2) is 6.61 Å². The molecule has 9 heteroatoms. The first-order valence-corrected chi connectivity index (χ1v) is 10.5. The molecule has 2 N–H and O–H groups in total. The molecule has 0 unspecified atom stereocenters. The van der Waals surface area contributed by atoms with Crippen LogP contribution in [0.2, 0.25) is 0 Å². The molecule has 8 nitrogen and oxygen atoms in total. The number of hydrogen-bond acceptors (Lipinski definition) is 8. The Hall–Kier alpha value is -1.97. The van der Waals surface area contributed by atoms with Gasteiger partial charge in [-0.3, -0.25) is 4.79 Å². The summed E-state index contributed by atoms with van der Waals surface area (Å²) in [5, 5.41) is 6.70. The van der Waals surface area contributed by atoms with Gasteiger partial charge >= 0.3 is 11.9 Å². The minimum atomic E-state index is -0.620. The number of thiophene rings is 1. The standard InChI is InChI=1S/C20H30N2O6S/c1-7-26-11-14(24)28-10-13(23)21-17-15(18(25)27-8-2)12-9-19(3,4)22-20(5,6)16(12)29-17/h22H,7-11H2,1-6H3,(H,21,23). The van der Waals surface area contributed by atoms with Gasteiger partial charge in [0, 0.05) is 22.6 Å². The zero-order valence-electron chi connectivity index (χ0n) is 17.9. The fourth-order valence-electron chi connectivity index (χ4n) is 3.57. The molecule has 0 aromatic carbocycles. The molecule has 0 saturated carbocycles. The Kier molecular flexibility index (Phi) is 7.42. The average molecular weight is 427 g/mol. The number of esters is 2. The minimum absolute atomic E-state index is 0.208. The predicted molar refractivity (Wildman–Crippen MR) is 110 cm³/mol. The molecule has 0 radical (unpaired) electrons. The lowest BCUT2D eigenvalue weighted by atomic mass is 9.81. The van der Waals surface area contributed by atoms with Crippen LogP contribution in [0, 0.1) is 0 Å². The summed E-state index contributed by atoms with van der Waals surface area (Å²) in [6.07, 6.45) is 0.621. The third-order valence-electron chi connectivity index (χ3n) is 4.37. The second-order valence-corrected chi connectivity index (χ2v) is 9.01. The number of fused-ring (bicyclic) bond motifs is 1. The number of amides is 1. The van der Waals surface area contributed by atoms with Crippen molar-refractivity contribution in [3.05, 3.63) is 16.0 Å². The highest BCUT2D eigenvalue weighted by Gasteiger charge is 2.42. The quantitative estimate of drug-likeness (QED) is 0.616. The molecule has 0 aliphatic carbocycles. The maximum atomic E-state index is 12.7. The summed E-state index contributed by atoms with van der Waals surface area (Å²) in [6.45, 7) is 11.7. The van der Waals surface area contributed by atoms with E-state index in [0.717, 1.165) is 10.4 Å². The van der Waals surface area contributed by atoms with E-state index >= 15 is 0 Å². The SMILES string of the molecule is CCOCC(=O)OCC(=O)Nc1sc2c(c1C(=O)OCC)CC(C)(C)NC2(C)C. The minimum Gasteiger partial charge on any atom is -0.462 e. The summed E-state index contributed by atoms with van der Waals surface area (Å²) in [7, 11) is 0. The molecule has 1 amide bonds. The van der Waals surface area contributed by atoms with Gasteiger partial charge in [-0.05, 0) is 53.5 Å². The number of rotatable bonds is 8. The lowest BCUT2D eigenvalue weighted by Crippen LogP contribution is -2.55. The normalized spacial score (nSPS) is 16.6.